The molecular weight excluding hydrogens is 314 g/mol. The molecule has 0 radical (unpaired) electrons. The van der Waals surface area contributed by atoms with Gasteiger partial charge in [-0.15, -0.1) is 0 Å². The van der Waals surface area contributed by atoms with E-state index in [1.54, 1.807) is 33.2 Å². The lowest BCUT2D eigenvalue weighted by molar-refractivity contribution is -0.135. The summed E-state index contributed by atoms with van der Waals surface area (Å²) in [6, 6.07) is 3.40. The van der Waals surface area contributed by atoms with E-state index in [2.05, 4.69) is 15.9 Å². The maximum absolute atomic E-state index is 11.8. The van der Waals surface area contributed by atoms with E-state index in [0.29, 0.717) is 21.5 Å². The van der Waals surface area contributed by atoms with Gasteiger partial charge in [0.05, 0.1) is 18.2 Å². The minimum Gasteiger partial charge on any atom is -0.493 e. The van der Waals surface area contributed by atoms with Crippen molar-refractivity contribution in [1.29, 1.82) is 0 Å². The first-order valence-corrected chi connectivity index (χ1v) is 6.55. The summed E-state index contributed by atoms with van der Waals surface area (Å²) < 4.78 is 11.5. The first-order chi connectivity index (χ1) is 8.90. The van der Waals surface area contributed by atoms with Crippen molar-refractivity contribution < 1.29 is 19.4 Å². The van der Waals surface area contributed by atoms with E-state index in [0.717, 1.165) is 0 Å². The molecule has 1 aromatic carbocycles. The van der Waals surface area contributed by atoms with E-state index in [4.69, 9.17) is 14.6 Å². The summed E-state index contributed by atoms with van der Waals surface area (Å²) in [6.07, 6.45) is -0.625. The van der Waals surface area contributed by atoms with Crippen molar-refractivity contribution in [2.45, 2.75) is 19.6 Å². The molecule has 0 aliphatic carbocycles. The number of aliphatic hydroxyl groups excluding tert-OH is 1. The van der Waals surface area contributed by atoms with E-state index in [9.17, 15) is 4.79 Å². The summed E-state index contributed by atoms with van der Waals surface area (Å²) in [5.41, 5.74) is 0.697. The van der Waals surface area contributed by atoms with Crippen molar-refractivity contribution in [1.82, 2.24) is 4.90 Å². The highest BCUT2D eigenvalue weighted by Gasteiger charge is 2.20. The number of carbonyl (C=O) groups excluding carboxylic acids is 1. The molecule has 0 saturated heterocycles. The molecule has 0 aliphatic rings. The van der Waals surface area contributed by atoms with E-state index in [1.807, 2.05) is 0 Å². The SMILES string of the molecule is COc1cc(CO)cc(Br)c1OC(C)C(=O)N(C)C. The fourth-order valence-electron chi connectivity index (χ4n) is 1.57. The maximum Gasteiger partial charge on any atom is 0.262 e. The highest BCUT2D eigenvalue weighted by Crippen LogP contribution is 2.37. The standard InChI is InChI=1S/C13H18BrNO4/c1-8(13(17)15(2)3)19-12-10(14)5-9(7-16)6-11(12)18-4/h5-6,8,16H,7H2,1-4H3. The second-order valence-electron chi connectivity index (χ2n) is 4.26. The van der Waals surface area contributed by atoms with Gasteiger partial charge in [-0.2, -0.15) is 0 Å². The molecule has 0 fully saturated rings. The number of nitrogens with zero attached hydrogens (tertiary/aromatic N) is 1. The van der Waals surface area contributed by atoms with Crippen LogP contribution in [0.5, 0.6) is 11.5 Å². The van der Waals surface area contributed by atoms with Crippen LogP contribution in [0.25, 0.3) is 0 Å². The molecule has 1 N–H and O–H groups in total. The number of aliphatic hydroxyl groups is 1. The van der Waals surface area contributed by atoms with Crippen molar-refractivity contribution in [2.75, 3.05) is 21.2 Å². The quantitative estimate of drug-likeness (QED) is 0.893. The molecule has 1 rings (SSSR count). The summed E-state index contributed by atoms with van der Waals surface area (Å²) >= 11 is 3.35. The van der Waals surface area contributed by atoms with Crippen LogP contribution in [0.3, 0.4) is 0 Å². The second kappa shape index (κ2) is 6.77. The smallest absolute Gasteiger partial charge is 0.262 e. The normalized spacial score (nSPS) is 11.9. The molecular formula is C13H18BrNO4. The number of amides is 1. The molecule has 0 spiro atoms. The number of benzene rings is 1. The summed E-state index contributed by atoms with van der Waals surface area (Å²) in [7, 11) is 4.85. The van der Waals surface area contributed by atoms with Gasteiger partial charge in [0.2, 0.25) is 0 Å². The van der Waals surface area contributed by atoms with Crippen molar-refractivity contribution in [3.05, 3.63) is 22.2 Å². The van der Waals surface area contributed by atoms with E-state index in [1.165, 1.54) is 12.0 Å². The van der Waals surface area contributed by atoms with Gasteiger partial charge in [-0.1, -0.05) is 0 Å². The van der Waals surface area contributed by atoms with Crippen LogP contribution in [-0.4, -0.2) is 43.2 Å². The summed E-state index contributed by atoms with van der Waals surface area (Å²) in [5, 5.41) is 9.14. The van der Waals surface area contributed by atoms with Crippen LogP contribution in [0.2, 0.25) is 0 Å². The van der Waals surface area contributed by atoms with Gasteiger partial charge in [0, 0.05) is 14.1 Å². The molecule has 0 bridgehead atoms. The number of likely N-dealkylation sites (N-methyl/N-ethyl adjacent to an activating group) is 1. The molecule has 0 saturated carbocycles. The lowest BCUT2D eigenvalue weighted by Crippen LogP contribution is -2.35. The van der Waals surface area contributed by atoms with Crippen molar-refractivity contribution in [3.8, 4) is 11.5 Å². The zero-order chi connectivity index (χ0) is 14.6. The second-order valence-corrected chi connectivity index (χ2v) is 5.11. The predicted octanol–water partition coefficient (Wildman–Crippen LogP) is 1.81. The summed E-state index contributed by atoms with van der Waals surface area (Å²) in [5.74, 6) is 0.777. The van der Waals surface area contributed by atoms with Crippen LogP contribution in [0.4, 0.5) is 0 Å². The number of carbonyl (C=O) groups is 1. The first kappa shape index (κ1) is 15.8. The van der Waals surface area contributed by atoms with Crippen LogP contribution in [-0.2, 0) is 11.4 Å². The Labute approximate surface area is 121 Å². The van der Waals surface area contributed by atoms with E-state index < -0.39 is 6.10 Å². The Hall–Kier alpha value is -1.27. The van der Waals surface area contributed by atoms with Crippen molar-refractivity contribution in [3.63, 3.8) is 0 Å². The third-order valence-electron chi connectivity index (χ3n) is 2.55. The zero-order valence-corrected chi connectivity index (χ0v) is 13.0. The number of methoxy groups -OCH3 is 1. The monoisotopic (exact) mass is 331 g/mol. The van der Waals surface area contributed by atoms with Crippen LogP contribution in [0.15, 0.2) is 16.6 Å². The predicted molar refractivity (Wildman–Crippen MR) is 75.4 cm³/mol. The molecule has 5 nitrogen and oxygen atoms in total. The number of rotatable bonds is 5. The Balaban J connectivity index is 3.03. The molecule has 1 aromatic rings. The van der Waals surface area contributed by atoms with Gasteiger partial charge in [0.1, 0.15) is 0 Å². The van der Waals surface area contributed by atoms with Crippen molar-refractivity contribution >= 4 is 21.8 Å². The Kier molecular flexibility index (Phi) is 5.62. The minimum absolute atomic E-state index is 0.0958. The third kappa shape index (κ3) is 3.84. The third-order valence-corrected chi connectivity index (χ3v) is 3.14. The van der Waals surface area contributed by atoms with Crippen LogP contribution < -0.4 is 9.47 Å². The lowest BCUT2D eigenvalue weighted by atomic mass is 10.2. The zero-order valence-electron chi connectivity index (χ0n) is 11.4. The van der Waals surface area contributed by atoms with Gasteiger partial charge >= 0.3 is 0 Å². The van der Waals surface area contributed by atoms with Crippen LogP contribution in [0.1, 0.15) is 12.5 Å². The Morgan fingerprint density at radius 2 is 2.11 bits per heavy atom. The number of hydrogen-bond donors (Lipinski definition) is 1. The maximum atomic E-state index is 11.8. The fourth-order valence-corrected chi connectivity index (χ4v) is 2.15. The molecule has 0 aliphatic heterocycles. The fraction of sp³-hybridized carbons (Fsp3) is 0.462. The van der Waals surface area contributed by atoms with Gasteiger partial charge in [-0.25, -0.2) is 0 Å². The highest BCUT2D eigenvalue weighted by atomic mass is 79.9. The number of ether oxygens (including phenoxy) is 2. The highest BCUT2D eigenvalue weighted by molar-refractivity contribution is 9.10. The minimum atomic E-state index is -0.625. The van der Waals surface area contributed by atoms with E-state index in [-0.39, 0.29) is 12.5 Å². The lowest BCUT2D eigenvalue weighted by Gasteiger charge is -2.20. The molecule has 1 unspecified atom stereocenters. The summed E-state index contributed by atoms with van der Waals surface area (Å²) in [4.78, 5) is 13.3. The van der Waals surface area contributed by atoms with Gasteiger partial charge in [-0.3, -0.25) is 4.79 Å². The molecule has 6 heteroatoms. The average molecular weight is 332 g/mol. The van der Waals surface area contributed by atoms with Gasteiger partial charge in [-0.05, 0) is 40.5 Å². The largest absolute Gasteiger partial charge is 0.493 e. The van der Waals surface area contributed by atoms with Crippen LogP contribution in [0, 0.1) is 0 Å². The van der Waals surface area contributed by atoms with Crippen molar-refractivity contribution in [2.24, 2.45) is 0 Å². The molecule has 1 amide bonds. The first-order valence-electron chi connectivity index (χ1n) is 5.75. The molecule has 1 atom stereocenters. The Morgan fingerprint density at radius 3 is 2.58 bits per heavy atom. The Bertz CT molecular complexity index is 462. The number of halogens is 1. The topological polar surface area (TPSA) is 59.0 Å². The Morgan fingerprint density at radius 1 is 1.47 bits per heavy atom. The summed E-state index contributed by atoms with van der Waals surface area (Å²) in [6.45, 7) is 1.58. The average Bonchev–Trinajstić information content (AvgIpc) is 2.39. The number of hydrogen-bond acceptors (Lipinski definition) is 4. The van der Waals surface area contributed by atoms with Crippen LogP contribution >= 0.6 is 15.9 Å². The van der Waals surface area contributed by atoms with E-state index >= 15 is 0 Å². The van der Waals surface area contributed by atoms with Gasteiger partial charge < -0.3 is 19.5 Å². The molecule has 0 heterocycles. The molecule has 19 heavy (non-hydrogen) atoms. The van der Waals surface area contributed by atoms with Gasteiger partial charge in [0.25, 0.3) is 5.91 Å². The molecule has 106 valence electrons. The molecule has 0 aromatic heterocycles. The van der Waals surface area contributed by atoms with Gasteiger partial charge in [0.15, 0.2) is 17.6 Å².